The predicted molar refractivity (Wildman–Crippen MR) is 255 cm³/mol. The van der Waals surface area contributed by atoms with Crippen molar-refractivity contribution in [1.82, 2.24) is 15.0 Å². The summed E-state index contributed by atoms with van der Waals surface area (Å²) in [5, 5.41) is 12.2. The molecule has 63 heavy (non-hydrogen) atoms. The van der Waals surface area contributed by atoms with E-state index in [9.17, 15) is 5.26 Å². The maximum Gasteiger partial charge on any atom is 0.164 e. The quantitative estimate of drug-likeness (QED) is 0.173. The zero-order valence-electron chi connectivity index (χ0n) is 34.5. The second kappa shape index (κ2) is 14.5. The fraction of sp³-hybridized carbons (Fsp3) is 0.0690. The Balaban J connectivity index is 1.04. The van der Waals surface area contributed by atoms with Crippen LogP contribution in [0.2, 0.25) is 0 Å². The monoisotopic (exact) mass is 822 g/mol. The minimum atomic E-state index is -0.486. The van der Waals surface area contributed by atoms with E-state index in [2.05, 4.69) is 140 Å². The molecule has 2 heterocycles. The Morgan fingerprint density at radius 2 is 1.03 bits per heavy atom. The van der Waals surface area contributed by atoms with Gasteiger partial charge in [0.15, 0.2) is 17.5 Å². The van der Waals surface area contributed by atoms with Gasteiger partial charge in [0.2, 0.25) is 0 Å². The highest BCUT2D eigenvalue weighted by atomic mass is 32.2. The number of benzene rings is 8. The highest BCUT2D eigenvalue weighted by molar-refractivity contribution is 7.99. The largest absolute Gasteiger partial charge is 0.208 e. The molecule has 8 aromatic carbocycles. The average molecular weight is 823 g/mol. The Kier molecular flexibility index (Phi) is 8.54. The third-order valence-corrected chi connectivity index (χ3v) is 14.4. The lowest BCUT2D eigenvalue weighted by Gasteiger charge is -2.41. The summed E-state index contributed by atoms with van der Waals surface area (Å²) >= 11 is 1.87. The van der Waals surface area contributed by atoms with Gasteiger partial charge in [0.25, 0.3) is 0 Å². The van der Waals surface area contributed by atoms with Crippen LogP contribution in [0.15, 0.2) is 216 Å². The standard InChI is InChI=1S/C58H38N4S/c1-57(47-26-14-22-43-42(36-59)21-13-23-44(43)47)32-31-49-46(35-57)45-34-40(29-30-48(45)58(49)50-24-8-10-27-52(50)63-53-28-11-9-25-51(53)58)39-19-12-20-41(33-39)56-61-54(37-15-4-2-5-16-37)60-55(62-56)38-17-6-3-7-18-38/h2-34H,35H2,1H3. The van der Waals surface area contributed by atoms with Gasteiger partial charge in [-0.3, -0.25) is 0 Å². The fourth-order valence-electron chi connectivity index (χ4n) is 10.4. The van der Waals surface area contributed by atoms with Crippen molar-refractivity contribution in [3.05, 3.63) is 239 Å². The van der Waals surface area contributed by atoms with Gasteiger partial charge in [-0.05, 0) is 97.6 Å². The summed E-state index contributed by atoms with van der Waals surface area (Å²) < 4.78 is 0. The summed E-state index contributed by atoms with van der Waals surface area (Å²) in [6.07, 6.45) is 5.68. The fourth-order valence-corrected chi connectivity index (χ4v) is 11.6. The Bertz CT molecular complexity index is 3330. The second-order valence-corrected chi connectivity index (χ2v) is 17.9. The van der Waals surface area contributed by atoms with Crippen LogP contribution in [0.3, 0.4) is 0 Å². The number of nitriles is 1. The molecule has 0 bridgehead atoms. The highest BCUT2D eigenvalue weighted by Gasteiger charge is 2.52. The van der Waals surface area contributed by atoms with Crippen LogP contribution in [0.25, 0.3) is 61.6 Å². The third-order valence-electron chi connectivity index (χ3n) is 13.3. The number of hydrogen-bond donors (Lipinski definition) is 0. The molecule has 2 aliphatic carbocycles. The molecule has 12 rings (SSSR count). The summed E-state index contributed by atoms with van der Waals surface area (Å²) in [5.41, 5.74) is 14.1. The Morgan fingerprint density at radius 3 is 1.71 bits per heavy atom. The number of aromatic nitrogens is 3. The van der Waals surface area contributed by atoms with E-state index in [1.54, 1.807) is 0 Å². The van der Waals surface area contributed by atoms with Gasteiger partial charge >= 0.3 is 0 Å². The number of rotatable bonds is 5. The summed E-state index contributed by atoms with van der Waals surface area (Å²) in [6.45, 7) is 2.36. The minimum absolute atomic E-state index is 0.334. The average Bonchev–Trinajstić information content (AvgIpc) is 3.62. The molecule has 1 aliphatic heterocycles. The van der Waals surface area contributed by atoms with Crippen molar-refractivity contribution in [3.8, 4) is 51.4 Å². The van der Waals surface area contributed by atoms with Gasteiger partial charge in [0, 0.05) is 31.9 Å². The van der Waals surface area contributed by atoms with Crippen LogP contribution in [-0.2, 0) is 10.8 Å². The van der Waals surface area contributed by atoms with Crippen LogP contribution >= 0.6 is 11.8 Å². The lowest BCUT2D eigenvalue weighted by molar-refractivity contribution is 0.606. The van der Waals surface area contributed by atoms with Crippen LogP contribution in [0, 0.1) is 11.3 Å². The molecular formula is C58H38N4S. The second-order valence-electron chi connectivity index (χ2n) is 16.9. The summed E-state index contributed by atoms with van der Waals surface area (Å²) in [6, 6.07) is 68.9. The molecule has 0 radical (unpaired) electrons. The lowest BCUT2D eigenvalue weighted by atomic mass is 9.64. The molecule has 1 atom stereocenters. The molecule has 9 aromatic rings. The zero-order valence-corrected chi connectivity index (χ0v) is 35.3. The smallest absolute Gasteiger partial charge is 0.164 e. The number of allylic oxidation sites excluding steroid dienone is 4. The Morgan fingerprint density at radius 1 is 0.492 bits per heavy atom. The first-order valence-corrected chi connectivity index (χ1v) is 22.2. The van der Waals surface area contributed by atoms with E-state index in [0.717, 1.165) is 45.0 Å². The van der Waals surface area contributed by atoms with E-state index in [1.165, 1.54) is 48.8 Å². The zero-order chi connectivity index (χ0) is 42.1. The summed E-state index contributed by atoms with van der Waals surface area (Å²) in [5.74, 6) is 1.91. The number of hydrogen-bond acceptors (Lipinski definition) is 5. The van der Waals surface area contributed by atoms with Gasteiger partial charge in [0.05, 0.1) is 17.0 Å². The predicted octanol–water partition coefficient (Wildman–Crippen LogP) is 14.0. The summed E-state index contributed by atoms with van der Waals surface area (Å²) in [4.78, 5) is 17.6. The van der Waals surface area contributed by atoms with E-state index < -0.39 is 5.41 Å². The van der Waals surface area contributed by atoms with E-state index in [4.69, 9.17) is 15.0 Å². The van der Waals surface area contributed by atoms with E-state index >= 15 is 0 Å². The molecule has 0 saturated carbocycles. The first-order chi connectivity index (χ1) is 31.0. The maximum absolute atomic E-state index is 10.1. The van der Waals surface area contributed by atoms with Crippen molar-refractivity contribution in [2.24, 2.45) is 0 Å². The van der Waals surface area contributed by atoms with Crippen LogP contribution in [0.1, 0.15) is 46.7 Å². The number of fused-ring (bicyclic) bond motifs is 9. The molecule has 0 N–H and O–H groups in total. The van der Waals surface area contributed by atoms with E-state index in [-0.39, 0.29) is 5.41 Å². The maximum atomic E-state index is 10.1. The molecule has 1 unspecified atom stereocenters. The van der Waals surface area contributed by atoms with Crippen molar-refractivity contribution in [2.75, 3.05) is 0 Å². The Labute approximate surface area is 371 Å². The minimum Gasteiger partial charge on any atom is -0.208 e. The van der Waals surface area contributed by atoms with Crippen LogP contribution in [-0.4, -0.2) is 15.0 Å². The van der Waals surface area contributed by atoms with Crippen molar-refractivity contribution >= 4 is 28.1 Å². The van der Waals surface area contributed by atoms with Crippen LogP contribution in [0.5, 0.6) is 0 Å². The molecule has 0 fully saturated rings. The van der Waals surface area contributed by atoms with Gasteiger partial charge in [-0.25, -0.2) is 15.0 Å². The first kappa shape index (κ1) is 37.1. The summed E-state index contributed by atoms with van der Waals surface area (Å²) in [7, 11) is 0. The molecular weight excluding hydrogens is 785 g/mol. The third kappa shape index (κ3) is 5.79. The molecule has 0 amide bonds. The SMILES string of the molecule is CC1(c2cccc3c(C#N)cccc23)C=CC2=C(C1)c1cc(-c3cccc(-c4nc(-c5ccccc5)nc(-c5ccccc5)n4)c3)ccc1C21c2ccccc2Sc2ccccc21. The molecule has 3 aliphatic rings. The van der Waals surface area contributed by atoms with Gasteiger partial charge < -0.3 is 0 Å². The highest BCUT2D eigenvalue weighted by Crippen LogP contribution is 2.64. The molecule has 1 spiro atoms. The number of nitrogens with zero attached hydrogens (tertiary/aromatic N) is 4. The van der Waals surface area contributed by atoms with Gasteiger partial charge in [-0.15, -0.1) is 0 Å². The molecule has 296 valence electrons. The van der Waals surface area contributed by atoms with Gasteiger partial charge in [-0.1, -0.05) is 189 Å². The normalized spacial score (nSPS) is 16.6. The van der Waals surface area contributed by atoms with Crippen LogP contribution < -0.4 is 0 Å². The molecule has 1 aromatic heterocycles. The van der Waals surface area contributed by atoms with E-state index in [0.29, 0.717) is 23.0 Å². The van der Waals surface area contributed by atoms with Gasteiger partial charge in [-0.2, -0.15) is 5.26 Å². The van der Waals surface area contributed by atoms with Crippen molar-refractivity contribution in [1.29, 1.82) is 5.26 Å². The van der Waals surface area contributed by atoms with Crippen molar-refractivity contribution in [2.45, 2.75) is 34.0 Å². The topological polar surface area (TPSA) is 62.5 Å². The van der Waals surface area contributed by atoms with E-state index in [1.807, 2.05) is 84.6 Å². The first-order valence-electron chi connectivity index (χ1n) is 21.4. The van der Waals surface area contributed by atoms with Crippen molar-refractivity contribution < 1.29 is 0 Å². The Hall–Kier alpha value is -7.65. The molecule has 5 heteroatoms. The van der Waals surface area contributed by atoms with Crippen LogP contribution in [0.4, 0.5) is 0 Å². The van der Waals surface area contributed by atoms with Gasteiger partial charge in [0.1, 0.15) is 0 Å². The lowest BCUT2D eigenvalue weighted by Crippen LogP contribution is -2.33. The molecule has 4 nitrogen and oxygen atoms in total. The molecule has 0 saturated heterocycles. The van der Waals surface area contributed by atoms with Crippen molar-refractivity contribution in [3.63, 3.8) is 0 Å².